The van der Waals surface area contributed by atoms with Gasteiger partial charge in [-0.2, -0.15) is 0 Å². The quantitative estimate of drug-likeness (QED) is 0.561. The molecular weight excluding hydrogens is 416 g/mol. The maximum absolute atomic E-state index is 12.8. The lowest BCUT2D eigenvalue weighted by Crippen LogP contribution is -2.38. The van der Waals surface area contributed by atoms with Crippen LogP contribution in [0.5, 0.6) is 0 Å². The minimum Gasteiger partial charge on any atom is -0.396 e. The molecule has 0 radical (unpaired) electrons. The van der Waals surface area contributed by atoms with Gasteiger partial charge in [0.15, 0.2) is 5.82 Å². The number of amides is 1. The molecule has 33 heavy (non-hydrogen) atoms. The fourth-order valence-corrected chi connectivity index (χ4v) is 4.84. The van der Waals surface area contributed by atoms with Crippen molar-refractivity contribution in [1.29, 1.82) is 0 Å². The largest absolute Gasteiger partial charge is 0.396 e. The Labute approximate surface area is 195 Å². The van der Waals surface area contributed by atoms with Gasteiger partial charge in [-0.3, -0.25) is 4.79 Å². The second-order valence-electron chi connectivity index (χ2n) is 9.37. The number of aryl methyl sites for hydroxylation is 1. The number of aliphatic hydroxyl groups is 1. The molecule has 4 rings (SSSR count). The van der Waals surface area contributed by atoms with Crippen molar-refractivity contribution in [1.82, 2.24) is 20.6 Å². The van der Waals surface area contributed by atoms with E-state index in [4.69, 9.17) is 4.99 Å². The number of piperidine rings is 1. The van der Waals surface area contributed by atoms with Gasteiger partial charge < -0.3 is 20.6 Å². The Morgan fingerprint density at radius 2 is 2.06 bits per heavy atom. The van der Waals surface area contributed by atoms with Gasteiger partial charge >= 0.3 is 0 Å². The number of aromatic nitrogens is 2. The summed E-state index contributed by atoms with van der Waals surface area (Å²) < 4.78 is 0. The van der Waals surface area contributed by atoms with Gasteiger partial charge in [0.2, 0.25) is 0 Å². The zero-order valence-electron chi connectivity index (χ0n) is 19.8. The van der Waals surface area contributed by atoms with Gasteiger partial charge in [0.1, 0.15) is 17.7 Å². The SMILES string of the molecule is CC(=Nc1c(C)ncnc1N1CC(C)(CCO)c2ccccc21)C(=O)NCC1CCNCC1. The molecule has 2 aromatic rings. The van der Waals surface area contributed by atoms with E-state index >= 15 is 0 Å². The number of hydrogen-bond donors (Lipinski definition) is 3. The van der Waals surface area contributed by atoms with Gasteiger partial charge in [0.25, 0.3) is 5.91 Å². The molecule has 1 fully saturated rings. The van der Waals surface area contributed by atoms with Crippen molar-refractivity contribution in [2.45, 2.75) is 45.4 Å². The number of rotatable bonds is 7. The minimum absolute atomic E-state index is 0.114. The predicted molar refractivity (Wildman–Crippen MR) is 131 cm³/mol. The molecule has 176 valence electrons. The third-order valence-corrected chi connectivity index (χ3v) is 6.88. The smallest absolute Gasteiger partial charge is 0.265 e. The lowest BCUT2D eigenvalue weighted by Gasteiger charge is -2.26. The molecule has 1 saturated heterocycles. The van der Waals surface area contributed by atoms with Crippen molar-refractivity contribution in [2.24, 2.45) is 10.9 Å². The Bertz CT molecular complexity index is 1030. The van der Waals surface area contributed by atoms with Crippen LogP contribution in [0.4, 0.5) is 17.2 Å². The average molecular weight is 451 g/mol. The highest BCUT2D eigenvalue weighted by Gasteiger charge is 2.40. The molecule has 1 aromatic heterocycles. The zero-order chi connectivity index (χ0) is 23.4. The van der Waals surface area contributed by atoms with Gasteiger partial charge in [0.05, 0.1) is 5.69 Å². The van der Waals surface area contributed by atoms with Crippen LogP contribution in [0.3, 0.4) is 0 Å². The molecule has 1 atom stereocenters. The average Bonchev–Trinajstić information content (AvgIpc) is 3.12. The van der Waals surface area contributed by atoms with Crippen LogP contribution >= 0.6 is 0 Å². The summed E-state index contributed by atoms with van der Waals surface area (Å²) in [6.45, 7) is 9.26. The Balaban J connectivity index is 1.61. The molecule has 1 amide bonds. The maximum Gasteiger partial charge on any atom is 0.265 e. The second kappa shape index (κ2) is 9.97. The van der Waals surface area contributed by atoms with Crippen LogP contribution in [0.15, 0.2) is 35.6 Å². The first-order chi connectivity index (χ1) is 15.9. The summed E-state index contributed by atoms with van der Waals surface area (Å²) in [6, 6.07) is 8.22. The van der Waals surface area contributed by atoms with Gasteiger partial charge in [-0.25, -0.2) is 15.0 Å². The maximum atomic E-state index is 12.8. The van der Waals surface area contributed by atoms with E-state index in [2.05, 4.69) is 44.6 Å². The molecule has 1 aromatic carbocycles. The lowest BCUT2D eigenvalue weighted by molar-refractivity contribution is -0.115. The van der Waals surface area contributed by atoms with Gasteiger partial charge in [-0.05, 0) is 63.7 Å². The molecule has 0 bridgehead atoms. The third kappa shape index (κ3) is 4.91. The van der Waals surface area contributed by atoms with Crippen LogP contribution in [0.25, 0.3) is 0 Å². The third-order valence-electron chi connectivity index (χ3n) is 6.88. The highest BCUT2D eigenvalue weighted by molar-refractivity contribution is 6.38. The highest BCUT2D eigenvalue weighted by atomic mass is 16.3. The number of aliphatic imine (C=N–C) groups is 1. The van der Waals surface area contributed by atoms with Crippen molar-refractivity contribution >= 4 is 28.8 Å². The number of aliphatic hydroxyl groups excluding tert-OH is 1. The predicted octanol–water partition coefficient (Wildman–Crippen LogP) is 2.79. The van der Waals surface area contributed by atoms with Crippen LogP contribution in [-0.4, -0.2) is 59.5 Å². The number of carbonyl (C=O) groups excluding carboxylic acids is 1. The van der Waals surface area contributed by atoms with E-state index in [0.717, 1.165) is 37.3 Å². The standard InChI is InChI=1S/C25H34N6O2/c1-17-22(30-18(2)24(33)27-14-19-8-11-26-12-9-19)23(29-16-28-17)31-15-25(3,10-13-32)20-6-4-5-7-21(20)31/h4-7,16,19,26,32H,8-15H2,1-3H3,(H,27,33). The molecule has 8 heteroatoms. The number of para-hydroxylation sites is 1. The van der Waals surface area contributed by atoms with Crippen LogP contribution in [-0.2, 0) is 10.2 Å². The Morgan fingerprint density at radius 1 is 1.30 bits per heavy atom. The minimum atomic E-state index is -0.202. The molecule has 3 N–H and O–H groups in total. The van der Waals surface area contributed by atoms with Crippen LogP contribution in [0, 0.1) is 12.8 Å². The first kappa shape index (κ1) is 23.3. The summed E-state index contributed by atoms with van der Waals surface area (Å²) in [5.74, 6) is 1.03. The van der Waals surface area contributed by atoms with Crippen LogP contribution in [0.1, 0.15) is 44.4 Å². The molecule has 3 heterocycles. The van der Waals surface area contributed by atoms with E-state index in [-0.39, 0.29) is 17.9 Å². The molecule has 0 aliphatic carbocycles. The zero-order valence-corrected chi connectivity index (χ0v) is 19.8. The Morgan fingerprint density at radius 3 is 2.82 bits per heavy atom. The summed E-state index contributed by atoms with van der Waals surface area (Å²) in [7, 11) is 0. The van der Waals surface area contributed by atoms with E-state index < -0.39 is 0 Å². The van der Waals surface area contributed by atoms with Gasteiger partial charge in [-0.1, -0.05) is 25.1 Å². The molecule has 8 nitrogen and oxygen atoms in total. The summed E-state index contributed by atoms with van der Waals surface area (Å²) in [4.78, 5) is 28.6. The number of nitrogens with zero attached hydrogens (tertiary/aromatic N) is 4. The molecule has 0 saturated carbocycles. The summed E-state index contributed by atoms with van der Waals surface area (Å²) in [5.41, 5.74) is 3.76. The first-order valence-corrected chi connectivity index (χ1v) is 11.8. The van der Waals surface area contributed by atoms with E-state index in [1.165, 1.54) is 5.56 Å². The molecular formula is C25H34N6O2. The van der Waals surface area contributed by atoms with E-state index in [0.29, 0.717) is 42.6 Å². The fourth-order valence-electron chi connectivity index (χ4n) is 4.84. The van der Waals surface area contributed by atoms with Crippen molar-refractivity contribution < 1.29 is 9.90 Å². The number of benzene rings is 1. The fraction of sp³-hybridized carbons (Fsp3) is 0.520. The normalized spacial score (nSPS) is 21.2. The van der Waals surface area contributed by atoms with Gasteiger partial charge in [0, 0.05) is 30.8 Å². The first-order valence-electron chi connectivity index (χ1n) is 11.8. The topological polar surface area (TPSA) is 103 Å². The van der Waals surface area contributed by atoms with Crippen LogP contribution in [0.2, 0.25) is 0 Å². The lowest BCUT2D eigenvalue weighted by atomic mass is 9.82. The monoisotopic (exact) mass is 450 g/mol. The van der Waals surface area contributed by atoms with Crippen molar-refractivity contribution in [3.63, 3.8) is 0 Å². The molecule has 1 unspecified atom stereocenters. The van der Waals surface area contributed by atoms with Crippen molar-refractivity contribution in [2.75, 3.05) is 37.7 Å². The number of nitrogens with one attached hydrogen (secondary N) is 2. The number of hydrogen-bond acceptors (Lipinski definition) is 7. The van der Waals surface area contributed by atoms with Crippen LogP contribution < -0.4 is 15.5 Å². The second-order valence-corrected chi connectivity index (χ2v) is 9.37. The molecule has 0 spiro atoms. The summed E-state index contributed by atoms with van der Waals surface area (Å²) >= 11 is 0. The number of fused-ring (bicyclic) bond motifs is 1. The summed E-state index contributed by atoms with van der Waals surface area (Å²) in [5, 5.41) is 16.1. The van der Waals surface area contributed by atoms with Gasteiger partial charge in [-0.15, -0.1) is 0 Å². The number of anilines is 2. The summed E-state index contributed by atoms with van der Waals surface area (Å²) in [6.07, 6.45) is 4.35. The Kier molecular flexibility index (Phi) is 7.05. The highest BCUT2D eigenvalue weighted by Crippen LogP contribution is 2.47. The Hall–Kier alpha value is -2.84. The van der Waals surface area contributed by atoms with E-state index in [1.807, 2.05) is 19.1 Å². The van der Waals surface area contributed by atoms with E-state index in [1.54, 1.807) is 13.3 Å². The van der Waals surface area contributed by atoms with Crippen molar-refractivity contribution in [3.8, 4) is 0 Å². The molecule has 2 aliphatic heterocycles. The number of carbonyl (C=O) groups is 1. The molecule has 2 aliphatic rings. The van der Waals surface area contributed by atoms with Crippen molar-refractivity contribution in [3.05, 3.63) is 41.9 Å². The van der Waals surface area contributed by atoms with E-state index in [9.17, 15) is 9.90 Å².